The topological polar surface area (TPSA) is 51.6 Å². The van der Waals surface area contributed by atoms with Gasteiger partial charge < -0.3 is 0 Å². The van der Waals surface area contributed by atoms with Gasteiger partial charge in [0.15, 0.2) is 5.15 Å². The van der Waals surface area contributed by atoms with E-state index in [1.165, 1.54) is 0 Å². The highest BCUT2D eigenvalue weighted by Gasteiger charge is 1.96. The standard InChI is InChI=1S/C8H5ClN2.C8H6N2/c9-8-7-4-2-1-3-6(7)5-10-11-8;1-2-4-8-6-10-9-5-7(8)3-1/h1-5H;1-6H. The highest BCUT2D eigenvalue weighted by molar-refractivity contribution is 6.34. The van der Waals surface area contributed by atoms with Gasteiger partial charge in [0.25, 0.3) is 0 Å². The lowest BCUT2D eigenvalue weighted by atomic mass is 10.2. The maximum Gasteiger partial charge on any atom is 0.159 e. The van der Waals surface area contributed by atoms with E-state index < -0.39 is 0 Å². The minimum atomic E-state index is 0.461. The van der Waals surface area contributed by atoms with E-state index in [2.05, 4.69) is 20.4 Å². The molecule has 4 aromatic rings. The van der Waals surface area contributed by atoms with Crippen LogP contribution >= 0.6 is 11.6 Å². The minimum Gasteiger partial charge on any atom is -0.158 e. The minimum absolute atomic E-state index is 0.461. The second kappa shape index (κ2) is 6.24. The predicted molar refractivity (Wildman–Crippen MR) is 84.1 cm³/mol. The van der Waals surface area contributed by atoms with Crippen molar-refractivity contribution in [3.63, 3.8) is 0 Å². The summed E-state index contributed by atoms with van der Waals surface area (Å²) in [6.07, 6.45) is 5.21. The number of nitrogens with zero attached hydrogens (tertiary/aromatic N) is 4. The second-order valence-corrected chi connectivity index (χ2v) is 4.70. The Kier molecular flexibility index (Phi) is 3.98. The summed E-state index contributed by atoms with van der Waals surface area (Å²) in [6.45, 7) is 0. The second-order valence-electron chi connectivity index (χ2n) is 4.34. The molecule has 0 radical (unpaired) electrons. The van der Waals surface area contributed by atoms with Crippen LogP contribution in [0.5, 0.6) is 0 Å². The van der Waals surface area contributed by atoms with Gasteiger partial charge in [-0.3, -0.25) is 0 Å². The first-order valence-corrected chi connectivity index (χ1v) is 6.74. The highest BCUT2D eigenvalue weighted by Crippen LogP contribution is 2.18. The maximum atomic E-state index is 5.78. The molecule has 0 saturated carbocycles. The van der Waals surface area contributed by atoms with Gasteiger partial charge >= 0.3 is 0 Å². The van der Waals surface area contributed by atoms with Crippen LogP contribution in [0.4, 0.5) is 0 Å². The van der Waals surface area contributed by atoms with Crippen molar-refractivity contribution in [2.24, 2.45) is 0 Å². The largest absolute Gasteiger partial charge is 0.159 e. The van der Waals surface area contributed by atoms with Crippen LogP contribution in [0.3, 0.4) is 0 Å². The molecule has 0 amide bonds. The van der Waals surface area contributed by atoms with Gasteiger partial charge in [0.05, 0.1) is 18.6 Å². The Balaban J connectivity index is 0.000000126. The number of aromatic nitrogens is 4. The lowest BCUT2D eigenvalue weighted by Gasteiger charge is -1.95. The van der Waals surface area contributed by atoms with Crippen molar-refractivity contribution < 1.29 is 0 Å². The molecule has 21 heavy (non-hydrogen) atoms. The summed E-state index contributed by atoms with van der Waals surface area (Å²) in [5, 5.41) is 19.7. The first kappa shape index (κ1) is 13.4. The summed E-state index contributed by atoms with van der Waals surface area (Å²) in [6, 6.07) is 15.8. The SMILES string of the molecule is Clc1nncc2ccccc12.c1ccc2cnncc2c1. The van der Waals surface area contributed by atoms with Crippen molar-refractivity contribution in [2.45, 2.75) is 0 Å². The molecule has 0 aliphatic carbocycles. The Bertz CT molecular complexity index is 809. The molecule has 0 aliphatic rings. The highest BCUT2D eigenvalue weighted by atomic mass is 35.5. The Morgan fingerprint density at radius 1 is 0.619 bits per heavy atom. The van der Waals surface area contributed by atoms with Gasteiger partial charge in [0.2, 0.25) is 0 Å². The molecular formula is C16H11ClN4. The van der Waals surface area contributed by atoms with Crippen LogP contribution in [0, 0.1) is 0 Å². The van der Waals surface area contributed by atoms with Crippen molar-refractivity contribution >= 4 is 33.1 Å². The van der Waals surface area contributed by atoms with Crippen molar-refractivity contribution in [2.75, 3.05) is 0 Å². The number of hydrogen-bond acceptors (Lipinski definition) is 4. The van der Waals surface area contributed by atoms with E-state index in [4.69, 9.17) is 11.6 Å². The molecule has 2 heterocycles. The predicted octanol–water partition coefficient (Wildman–Crippen LogP) is 3.91. The van der Waals surface area contributed by atoms with E-state index in [9.17, 15) is 0 Å². The lowest BCUT2D eigenvalue weighted by molar-refractivity contribution is 1.05. The molecule has 4 rings (SSSR count). The monoisotopic (exact) mass is 294 g/mol. The molecule has 2 aromatic heterocycles. The number of benzene rings is 2. The van der Waals surface area contributed by atoms with E-state index in [0.29, 0.717) is 5.15 Å². The average molecular weight is 295 g/mol. The lowest BCUT2D eigenvalue weighted by Crippen LogP contribution is -1.82. The van der Waals surface area contributed by atoms with E-state index in [1.807, 2.05) is 48.5 Å². The smallest absolute Gasteiger partial charge is 0.158 e. The molecule has 4 nitrogen and oxygen atoms in total. The summed E-state index contributed by atoms with van der Waals surface area (Å²) in [7, 11) is 0. The average Bonchev–Trinajstić information content (AvgIpc) is 2.56. The van der Waals surface area contributed by atoms with E-state index in [-0.39, 0.29) is 0 Å². The summed E-state index contributed by atoms with van der Waals surface area (Å²) in [4.78, 5) is 0. The van der Waals surface area contributed by atoms with Crippen molar-refractivity contribution in [1.82, 2.24) is 20.4 Å². The third kappa shape index (κ3) is 3.12. The van der Waals surface area contributed by atoms with Crippen molar-refractivity contribution in [3.05, 3.63) is 72.3 Å². The Morgan fingerprint density at radius 3 is 1.76 bits per heavy atom. The molecular weight excluding hydrogens is 284 g/mol. The van der Waals surface area contributed by atoms with Crippen LogP contribution in [-0.2, 0) is 0 Å². The van der Waals surface area contributed by atoms with E-state index in [1.54, 1.807) is 18.6 Å². The molecule has 5 heteroatoms. The van der Waals surface area contributed by atoms with Crippen molar-refractivity contribution in [3.8, 4) is 0 Å². The quantitative estimate of drug-likeness (QED) is 0.493. The number of hydrogen-bond donors (Lipinski definition) is 0. The first-order valence-electron chi connectivity index (χ1n) is 6.36. The molecule has 0 saturated heterocycles. The molecule has 0 N–H and O–H groups in total. The molecule has 0 unspecified atom stereocenters. The number of rotatable bonds is 0. The molecule has 0 spiro atoms. The number of fused-ring (bicyclic) bond motifs is 2. The summed E-state index contributed by atoms with van der Waals surface area (Å²) in [5.74, 6) is 0. The van der Waals surface area contributed by atoms with Crippen LogP contribution in [0.25, 0.3) is 21.5 Å². The number of halogens is 1. The normalized spacial score (nSPS) is 10.1. The summed E-state index contributed by atoms with van der Waals surface area (Å²) >= 11 is 5.78. The fourth-order valence-electron chi connectivity index (χ4n) is 1.93. The molecule has 0 aliphatic heterocycles. The fourth-order valence-corrected chi connectivity index (χ4v) is 2.15. The summed E-state index contributed by atoms with van der Waals surface area (Å²) < 4.78 is 0. The first-order chi connectivity index (χ1) is 10.3. The zero-order valence-electron chi connectivity index (χ0n) is 11.0. The van der Waals surface area contributed by atoms with Gasteiger partial charge in [-0.05, 0) is 0 Å². The Morgan fingerprint density at radius 2 is 1.14 bits per heavy atom. The molecule has 0 bridgehead atoms. The maximum absolute atomic E-state index is 5.78. The van der Waals surface area contributed by atoms with Crippen LogP contribution in [-0.4, -0.2) is 20.4 Å². The van der Waals surface area contributed by atoms with Crippen LogP contribution < -0.4 is 0 Å². The van der Waals surface area contributed by atoms with Crippen LogP contribution in [0.2, 0.25) is 5.15 Å². The van der Waals surface area contributed by atoms with Gasteiger partial charge in [-0.25, -0.2) is 0 Å². The Labute approximate surface area is 126 Å². The van der Waals surface area contributed by atoms with Gasteiger partial charge in [-0.15, -0.1) is 5.10 Å². The summed E-state index contributed by atoms with van der Waals surface area (Å²) in [5.41, 5.74) is 0. The molecule has 0 atom stereocenters. The van der Waals surface area contributed by atoms with Crippen LogP contribution in [0.1, 0.15) is 0 Å². The molecule has 102 valence electrons. The van der Waals surface area contributed by atoms with Gasteiger partial charge in [-0.2, -0.15) is 15.3 Å². The zero-order valence-corrected chi connectivity index (χ0v) is 11.8. The van der Waals surface area contributed by atoms with Gasteiger partial charge in [-0.1, -0.05) is 60.1 Å². The Hall–Kier alpha value is -2.59. The van der Waals surface area contributed by atoms with E-state index in [0.717, 1.165) is 21.5 Å². The van der Waals surface area contributed by atoms with Crippen LogP contribution in [0.15, 0.2) is 67.1 Å². The third-order valence-electron chi connectivity index (χ3n) is 2.98. The molecule has 0 fully saturated rings. The van der Waals surface area contributed by atoms with Gasteiger partial charge in [0, 0.05) is 21.5 Å². The molecule has 2 aromatic carbocycles. The fraction of sp³-hybridized carbons (Fsp3) is 0. The zero-order chi connectivity index (χ0) is 14.5. The van der Waals surface area contributed by atoms with E-state index >= 15 is 0 Å². The van der Waals surface area contributed by atoms with Gasteiger partial charge in [0.1, 0.15) is 0 Å². The third-order valence-corrected chi connectivity index (χ3v) is 3.26. The van der Waals surface area contributed by atoms with Crippen molar-refractivity contribution in [1.29, 1.82) is 0 Å².